The van der Waals surface area contributed by atoms with Crippen LogP contribution in [-0.2, 0) is 16.1 Å². The molecule has 2 aliphatic rings. The second kappa shape index (κ2) is 10.8. The quantitative estimate of drug-likeness (QED) is 0.614. The third kappa shape index (κ3) is 6.28. The minimum atomic E-state index is -0.955. The van der Waals surface area contributed by atoms with Crippen molar-refractivity contribution >= 4 is 5.91 Å². The van der Waals surface area contributed by atoms with Gasteiger partial charge in [0.15, 0.2) is 0 Å². The van der Waals surface area contributed by atoms with Gasteiger partial charge in [-0.05, 0) is 37.4 Å². The van der Waals surface area contributed by atoms with E-state index >= 15 is 0 Å². The molecule has 2 fully saturated rings. The maximum absolute atomic E-state index is 14.3. The Labute approximate surface area is 197 Å². The Morgan fingerprint density at radius 2 is 1.71 bits per heavy atom. The Morgan fingerprint density at radius 3 is 2.41 bits per heavy atom. The van der Waals surface area contributed by atoms with Gasteiger partial charge in [-0.2, -0.15) is 0 Å². The Hall–Kier alpha value is -2.62. The maximum atomic E-state index is 14.3. The third-order valence-corrected chi connectivity index (χ3v) is 6.38. The van der Waals surface area contributed by atoms with E-state index in [1.54, 1.807) is 0 Å². The summed E-state index contributed by atoms with van der Waals surface area (Å²) in [6.07, 6.45) is 0.111. The summed E-state index contributed by atoms with van der Waals surface area (Å²) in [6, 6.07) is 9.22. The fourth-order valence-corrected chi connectivity index (χ4v) is 4.38. The van der Waals surface area contributed by atoms with Gasteiger partial charge in [-0.15, -0.1) is 0 Å². The Morgan fingerprint density at radius 1 is 1.00 bits per heavy atom. The molecule has 2 saturated heterocycles. The number of ether oxygens (including phenoxy) is 2. The van der Waals surface area contributed by atoms with E-state index in [9.17, 15) is 18.0 Å². The van der Waals surface area contributed by atoms with Crippen LogP contribution in [0.1, 0.15) is 12.0 Å². The van der Waals surface area contributed by atoms with Gasteiger partial charge in [-0.3, -0.25) is 9.69 Å². The van der Waals surface area contributed by atoms with Crippen molar-refractivity contribution in [3.05, 3.63) is 65.5 Å². The van der Waals surface area contributed by atoms with Gasteiger partial charge in [-0.25, -0.2) is 13.2 Å². The second-order valence-electron chi connectivity index (χ2n) is 9.08. The van der Waals surface area contributed by atoms with E-state index in [4.69, 9.17) is 9.47 Å². The third-order valence-electron chi connectivity index (χ3n) is 6.38. The number of amides is 1. The first kappa shape index (κ1) is 24.5. The number of hydrogen-bond donors (Lipinski definition) is 0. The first-order valence-corrected chi connectivity index (χ1v) is 11.5. The SMILES string of the molecule is CN1CCN(C(=O)CC2(COc3ccc(F)cc3)CN(Cc3ccc(F)cc3F)CCO2)CC1. The number of benzene rings is 2. The van der Waals surface area contributed by atoms with E-state index in [0.717, 1.165) is 19.2 Å². The molecular weight excluding hydrogens is 447 g/mol. The second-order valence-corrected chi connectivity index (χ2v) is 9.08. The molecule has 0 bridgehead atoms. The van der Waals surface area contributed by atoms with E-state index in [0.29, 0.717) is 44.1 Å². The van der Waals surface area contributed by atoms with E-state index in [2.05, 4.69) is 4.90 Å². The lowest BCUT2D eigenvalue weighted by Crippen LogP contribution is -2.58. The molecule has 2 aromatic rings. The van der Waals surface area contributed by atoms with Gasteiger partial charge in [0.25, 0.3) is 0 Å². The summed E-state index contributed by atoms with van der Waals surface area (Å²) in [7, 11) is 2.02. The van der Waals surface area contributed by atoms with Crippen LogP contribution < -0.4 is 4.74 Å². The normalized spacial score (nSPS) is 22.1. The van der Waals surface area contributed by atoms with Crippen LogP contribution in [-0.4, -0.2) is 85.7 Å². The van der Waals surface area contributed by atoms with Gasteiger partial charge < -0.3 is 19.3 Å². The minimum absolute atomic E-state index is 0.0226. The number of carbonyl (C=O) groups is 1. The van der Waals surface area contributed by atoms with Crippen LogP contribution in [0, 0.1) is 17.5 Å². The highest BCUT2D eigenvalue weighted by Gasteiger charge is 2.41. The van der Waals surface area contributed by atoms with Crippen molar-refractivity contribution < 1.29 is 27.4 Å². The molecule has 184 valence electrons. The molecule has 1 unspecified atom stereocenters. The molecule has 0 N–H and O–H groups in total. The monoisotopic (exact) mass is 477 g/mol. The first-order valence-electron chi connectivity index (χ1n) is 11.5. The van der Waals surface area contributed by atoms with Gasteiger partial charge in [0.2, 0.25) is 5.91 Å². The smallest absolute Gasteiger partial charge is 0.225 e. The molecule has 0 saturated carbocycles. The van der Waals surface area contributed by atoms with Crippen molar-refractivity contribution in [3.8, 4) is 5.75 Å². The zero-order valence-corrected chi connectivity index (χ0v) is 19.3. The molecular formula is C25H30F3N3O3. The lowest BCUT2D eigenvalue weighted by Gasteiger charge is -2.43. The lowest BCUT2D eigenvalue weighted by molar-refractivity contribution is -0.158. The highest BCUT2D eigenvalue weighted by atomic mass is 19.1. The summed E-state index contributed by atoms with van der Waals surface area (Å²) in [5, 5.41) is 0. The molecule has 0 radical (unpaired) electrons. The first-order chi connectivity index (χ1) is 16.3. The van der Waals surface area contributed by atoms with Crippen LogP contribution in [0.2, 0.25) is 0 Å². The van der Waals surface area contributed by atoms with E-state index in [1.807, 2.05) is 16.8 Å². The predicted octanol–water partition coefficient (Wildman–Crippen LogP) is 2.92. The van der Waals surface area contributed by atoms with Crippen molar-refractivity contribution in [1.29, 1.82) is 0 Å². The summed E-state index contributed by atoms with van der Waals surface area (Å²) in [5.74, 6) is -1.14. The molecule has 9 heteroatoms. The largest absolute Gasteiger partial charge is 0.491 e. The average Bonchev–Trinajstić information content (AvgIpc) is 2.81. The average molecular weight is 478 g/mol. The molecule has 0 aliphatic carbocycles. The van der Waals surface area contributed by atoms with Crippen LogP contribution in [0.25, 0.3) is 0 Å². The van der Waals surface area contributed by atoms with E-state index < -0.39 is 17.2 Å². The number of hydrogen-bond acceptors (Lipinski definition) is 5. The van der Waals surface area contributed by atoms with Crippen molar-refractivity contribution in [1.82, 2.24) is 14.7 Å². The molecule has 0 spiro atoms. The Balaban J connectivity index is 1.49. The maximum Gasteiger partial charge on any atom is 0.225 e. The van der Waals surface area contributed by atoms with Gasteiger partial charge in [0, 0.05) is 57.4 Å². The predicted molar refractivity (Wildman–Crippen MR) is 121 cm³/mol. The molecule has 1 atom stereocenters. The van der Waals surface area contributed by atoms with Gasteiger partial charge in [0.1, 0.15) is 35.4 Å². The van der Waals surface area contributed by atoms with Crippen LogP contribution in [0.4, 0.5) is 13.2 Å². The lowest BCUT2D eigenvalue weighted by atomic mass is 9.96. The van der Waals surface area contributed by atoms with Crippen molar-refractivity contribution in [2.45, 2.75) is 18.6 Å². The van der Waals surface area contributed by atoms with Crippen LogP contribution >= 0.6 is 0 Å². The fourth-order valence-electron chi connectivity index (χ4n) is 4.38. The van der Waals surface area contributed by atoms with Crippen LogP contribution in [0.5, 0.6) is 5.75 Å². The van der Waals surface area contributed by atoms with Crippen molar-refractivity contribution in [2.24, 2.45) is 0 Å². The molecule has 4 rings (SSSR count). The standard InChI is InChI=1S/C25H30F3N3O3/c1-29-8-10-31(11-9-29)24(32)15-25(18-33-22-6-4-20(26)5-7-22)17-30(12-13-34-25)16-19-2-3-21(27)14-23(19)28/h2-7,14H,8-13,15-18H2,1H3. The van der Waals surface area contributed by atoms with Crippen molar-refractivity contribution in [3.63, 3.8) is 0 Å². The zero-order chi connectivity index (χ0) is 24.1. The number of nitrogens with zero attached hydrogens (tertiary/aromatic N) is 3. The zero-order valence-electron chi connectivity index (χ0n) is 19.3. The fraction of sp³-hybridized carbons (Fsp3) is 0.480. The summed E-state index contributed by atoms with van der Waals surface area (Å²) < 4.78 is 53.0. The topological polar surface area (TPSA) is 45.2 Å². The van der Waals surface area contributed by atoms with Crippen LogP contribution in [0.15, 0.2) is 42.5 Å². The van der Waals surface area contributed by atoms with Crippen molar-refractivity contribution in [2.75, 3.05) is 59.5 Å². The van der Waals surface area contributed by atoms with E-state index in [-0.39, 0.29) is 31.3 Å². The number of morpholine rings is 1. The summed E-state index contributed by atoms with van der Waals surface area (Å²) in [5.41, 5.74) is -0.578. The summed E-state index contributed by atoms with van der Waals surface area (Å²) in [4.78, 5) is 19.2. The van der Waals surface area contributed by atoms with Gasteiger partial charge >= 0.3 is 0 Å². The van der Waals surface area contributed by atoms with Gasteiger partial charge in [-0.1, -0.05) is 6.07 Å². The minimum Gasteiger partial charge on any atom is -0.491 e. The number of rotatable bonds is 7. The molecule has 34 heavy (non-hydrogen) atoms. The number of piperazine rings is 1. The van der Waals surface area contributed by atoms with E-state index in [1.165, 1.54) is 36.4 Å². The Kier molecular flexibility index (Phi) is 7.75. The summed E-state index contributed by atoms with van der Waals surface area (Å²) >= 11 is 0. The molecule has 2 aliphatic heterocycles. The summed E-state index contributed by atoms with van der Waals surface area (Å²) in [6.45, 7) is 4.47. The number of carbonyl (C=O) groups excluding carboxylic acids is 1. The highest BCUT2D eigenvalue weighted by molar-refractivity contribution is 5.77. The molecule has 2 heterocycles. The molecule has 2 aromatic carbocycles. The van der Waals surface area contributed by atoms with Crippen LogP contribution in [0.3, 0.4) is 0 Å². The number of likely N-dealkylation sites (N-methyl/N-ethyl adjacent to an activating group) is 1. The van der Waals surface area contributed by atoms with Gasteiger partial charge in [0.05, 0.1) is 13.0 Å². The highest BCUT2D eigenvalue weighted by Crippen LogP contribution is 2.27. The molecule has 6 nitrogen and oxygen atoms in total. The molecule has 1 amide bonds. The Bertz CT molecular complexity index is 983. The molecule has 0 aromatic heterocycles. The number of halogens is 3.